The van der Waals surface area contributed by atoms with Gasteiger partial charge in [0.25, 0.3) is 0 Å². The maximum atomic E-state index is 11.8. The van der Waals surface area contributed by atoms with E-state index >= 15 is 0 Å². The van der Waals surface area contributed by atoms with E-state index in [1.54, 1.807) is 11.4 Å². The lowest BCUT2D eigenvalue weighted by molar-refractivity contribution is 0.0601. The van der Waals surface area contributed by atoms with Crippen molar-refractivity contribution in [2.24, 2.45) is 0 Å². The summed E-state index contributed by atoms with van der Waals surface area (Å²) in [5, 5.41) is 13.4. The fraction of sp³-hybridized carbons (Fsp3) is 0.200. The first kappa shape index (κ1) is 16.9. The second-order valence-corrected chi connectivity index (χ2v) is 7.62. The number of nitrogens with one attached hydrogen (secondary N) is 2. The topological polar surface area (TPSA) is 92.8 Å². The van der Waals surface area contributed by atoms with Crippen molar-refractivity contribution in [3.63, 3.8) is 0 Å². The number of esters is 1. The summed E-state index contributed by atoms with van der Waals surface area (Å²) in [4.78, 5) is 21.9. The number of benzene rings is 1. The smallest absolute Gasteiger partial charge is 0.338 e. The van der Waals surface area contributed by atoms with Crippen LogP contribution in [-0.2, 0) is 4.74 Å². The molecule has 1 saturated carbocycles. The highest BCUT2D eigenvalue weighted by Crippen LogP contribution is 2.40. The molecule has 3 heterocycles. The van der Waals surface area contributed by atoms with Crippen LogP contribution in [0.1, 0.15) is 34.8 Å². The average molecular weight is 391 g/mol. The number of H-pyrrole nitrogens is 1. The van der Waals surface area contributed by atoms with E-state index in [1.165, 1.54) is 31.3 Å². The van der Waals surface area contributed by atoms with Crippen LogP contribution in [0.5, 0.6) is 0 Å². The van der Waals surface area contributed by atoms with Gasteiger partial charge in [0, 0.05) is 28.4 Å². The van der Waals surface area contributed by atoms with Crippen molar-refractivity contribution in [2.75, 3.05) is 12.4 Å². The Hall–Kier alpha value is -3.26. The predicted molar refractivity (Wildman–Crippen MR) is 108 cm³/mol. The van der Waals surface area contributed by atoms with E-state index in [0.717, 1.165) is 27.3 Å². The summed E-state index contributed by atoms with van der Waals surface area (Å²) < 4.78 is 4.79. The molecule has 1 fully saturated rings. The molecule has 7 nitrogen and oxygen atoms in total. The van der Waals surface area contributed by atoms with Gasteiger partial charge < -0.3 is 10.1 Å². The van der Waals surface area contributed by atoms with E-state index in [0.29, 0.717) is 23.1 Å². The number of fused-ring (bicyclic) bond motifs is 1. The molecule has 0 unspecified atom stereocenters. The first-order valence-corrected chi connectivity index (χ1v) is 9.85. The highest BCUT2D eigenvalue weighted by atomic mass is 32.1. The van der Waals surface area contributed by atoms with Crippen LogP contribution in [0, 0.1) is 0 Å². The standard InChI is InChI=1S/C20H17N5O2S/c1-27-20(26)12-8-16(28-10-12)19-21-14-5-3-2-4-13(14)18(23-19)22-17-9-15(24-25-17)11-6-7-11/h2-5,8-11H,6-7H2,1H3,(H2,21,22,23,24,25). The van der Waals surface area contributed by atoms with Gasteiger partial charge in [-0.1, -0.05) is 12.1 Å². The van der Waals surface area contributed by atoms with Crippen LogP contribution >= 0.6 is 11.3 Å². The van der Waals surface area contributed by atoms with Crippen molar-refractivity contribution in [3.05, 3.63) is 53.0 Å². The molecule has 5 rings (SSSR count). The monoisotopic (exact) mass is 391 g/mol. The lowest BCUT2D eigenvalue weighted by Gasteiger charge is -2.08. The fourth-order valence-corrected chi connectivity index (χ4v) is 3.90. The van der Waals surface area contributed by atoms with Gasteiger partial charge in [-0.05, 0) is 31.0 Å². The summed E-state index contributed by atoms with van der Waals surface area (Å²) in [6.45, 7) is 0. The number of anilines is 2. The van der Waals surface area contributed by atoms with Crippen LogP contribution < -0.4 is 5.32 Å². The van der Waals surface area contributed by atoms with Gasteiger partial charge in [-0.25, -0.2) is 14.8 Å². The third-order valence-corrected chi connectivity index (χ3v) is 5.63. The summed E-state index contributed by atoms with van der Waals surface area (Å²) in [6, 6.07) is 11.6. The number of aromatic nitrogens is 4. The van der Waals surface area contributed by atoms with Crippen molar-refractivity contribution >= 4 is 39.8 Å². The SMILES string of the molecule is COC(=O)c1csc(-c2nc(Nc3cc(C4CC4)[nH]n3)c3ccccc3n2)c1. The minimum atomic E-state index is -0.370. The fourth-order valence-electron chi connectivity index (χ4n) is 3.09. The molecule has 3 aromatic heterocycles. The molecule has 0 amide bonds. The van der Waals surface area contributed by atoms with Gasteiger partial charge in [0.1, 0.15) is 5.82 Å². The molecule has 0 atom stereocenters. The molecule has 8 heteroatoms. The normalized spacial score (nSPS) is 13.6. The number of ether oxygens (including phenoxy) is 1. The zero-order valence-corrected chi connectivity index (χ0v) is 15.9. The quantitative estimate of drug-likeness (QED) is 0.487. The second kappa shape index (κ2) is 6.72. The predicted octanol–water partition coefficient (Wildman–Crippen LogP) is 4.49. The molecule has 1 aliphatic carbocycles. The van der Waals surface area contributed by atoms with Crippen molar-refractivity contribution in [1.82, 2.24) is 20.2 Å². The molecule has 140 valence electrons. The molecular weight excluding hydrogens is 374 g/mol. The summed E-state index contributed by atoms with van der Waals surface area (Å²) in [7, 11) is 1.37. The maximum Gasteiger partial charge on any atom is 0.338 e. The van der Waals surface area contributed by atoms with Crippen molar-refractivity contribution < 1.29 is 9.53 Å². The number of para-hydroxylation sites is 1. The Morgan fingerprint density at radius 2 is 2.11 bits per heavy atom. The zero-order valence-electron chi connectivity index (χ0n) is 15.1. The Bertz CT molecular complexity index is 1180. The number of carbonyl (C=O) groups excluding carboxylic acids is 1. The van der Waals surface area contributed by atoms with E-state index in [4.69, 9.17) is 9.72 Å². The average Bonchev–Trinajstić information content (AvgIpc) is 3.26. The van der Waals surface area contributed by atoms with E-state index in [9.17, 15) is 4.79 Å². The first-order valence-electron chi connectivity index (χ1n) is 8.97. The lowest BCUT2D eigenvalue weighted by atomic mass is 10.2. The van der Waals surface area contributed by atoms with Gasteiger partial charge >= 0.3 is 5.97 Å². The largest absolute Gasteiger partial charge is 0.465 e. The van der Waals surface area contributed by atoms with Gasteiger partial charge in [-0.2, -0.15) is 5.10 Å². The number of hydrogen-bond acceptors (Lipinski definition) is 7. The van der Waals surface area contributed by atoms with Gasteiger partial charge in [-0.3, -0.25) is 5.10 Å². The van der Waals surface area contributed by atoms with E-state index in [2.05, 4.69) is 20.5 Å². The summed E-state index contributed by atoms with van der Waals surface area (Å²) in [6.07, 6.45) is 2.42. The molecule has 0 spiro atoms. The Balaban J connectivity index is 1.55. The number of aromatic amines is 1. The molecule has 28 heavy (non-hydrogen) atoms. The highest BCUT2D eigenvalue weighted by molar-refractivity contribution is 7.13. The molecule has 0 aliphatic heterocycles. The summed E-state index contributed by atoms with van der Waals surface area (Å²) >= 11 is 1.41. The first-order chi connectivity index (χ1) is 13.7. The van der Waals surface area contributed by atoms with Crippen LogP contribution in [0.15, 0.2) is 41.8 Å². The van der Waals surface area contributed by atoms with Crippen LogP contribution in [0.2, 0.25) is 0 Å². The lowest BCUT2D eigenvalue weighted by Crippen LogP contribution is -2.00. The van der Waals surface area contributed by atoms with E-state index in [1.807, 2.05) is 30.3 Å². The third-order valence-electron chi connectivity index (χ3n) is 4.71. The van der Waals surface area contributed by atoms with Crippen molar-refractivity contribution in [1.29, 1.82) is 0 Å². The molecule has 1 aliphatic rings. The number of rotatable bonds is 5. The molecule has 0 bridgehead atoms. The van der Waals surface area contributed by atoms with E-state index < -0.39 is 0 Å². The van der Waals surface area contributed by atoms with Gasteiger partial charge in [-0.15, -0.1) is 11.3 Å². The van der Waals surface area contributed by atoms with Crippen molar-refractivity contribution in [3.8, 4) is 10.7 Å². The highest BCUT2D eigenvalue weighted by Gasteiger charge is 2.25. The minimum Gasteiger partial charge on any atom is -0.465 e. The zero-order chi connectivity index (χ0) is 19.1. The molecule has 2 N–H and O–H groups in total. The number of thiophene rings is 1. The Morgan fingerprint density at radius 1 is 1.25 bits per heavy atom. The molecule has 1 aromatic carbocycles. The van der Waals surface area contributed by atoms with Crippen LogP contribution in [0.3, 0.4) is 0 Å². The summed E-state index contributed by atoms with van der Waals surface area (Å²) in [5.74, 6) is 2.20. The molecule has 0 saturated heterocycles. The minimum absolute atomic E-state index is 0.370. The Labute approximate surface area is 164 Å². The summed E-state index contributed by atoms with van der Waals surface area (Å²) in [5.41, 5.74) is 2.47. The maximum absolute atomic E-state index is 11.8. The van der Waals surface area contributed by atoms with E-state index in [-0.39, 0.29) is 5.97 Å². The van der Waals surface area contributed by atoms with Crippen molar-refractivity contribution in [2.45, 2.75) is 18.8 Å². The number of nitrogens with zero attached hydrogens (tertiary/aromatic N) is 3. The van der Waals surface area contributed by atoms with Crippen LogP contribution in [0.25, 0.3) is 21.6 Å². The van der Waals surface area contributed by atoms with Gasteiger partial charge in [0.05, 0.1) is 23.1 Å². The molecular formula is C20H17N5O2S. The third kappa shape index (κ3) is 3.11. The molecule has 4 aromatic rings. The van der Waals surface area contributed by atoms with Crippen LogP contribution in [0.4, 0.5) is 11.6 Å². The Morgan fingerprint density at radius 3 is 2.93 bits per heavy atom. The van der Waals surface area contributed by atoms with Crippen LogP contribution in [-0.4, -0.2) is 33.2 Å². The second-order valence-electron chi connectivity index (χ2n) is 6.71. The Kier molecular flexibility index (Phi) is 4.05. The van der Waals surface area contributed by atoms with Gasteiger partial charge in [0.15, 0.2) is 11.6 Å². The number of hydrogen-bond donors (Lipinski definition) is 2. The molecule has 0 radical (unpaired) electrons. The van der Waals surface area contributed by atoms with Gasteiger partial charge in [0.2, 0.25) is 0 Å². The number of carbonyl (C=O) groups is 1. The number of methoxy groups -OCH3 is 1.